The van der Waals surface area contributed by atoms with E-state index in [2.05, 4.69) is 14.0 Å². The van der Waals surface area contributed by atoms with Crippen molar-refractivity contribution in [1.82, 2.24) is 5.01 Å². The lowest BCUT2D eigenvalue weighted by Crippen LogP contribution is -2.23. The van der Waals surface area contributed by atoms with E-state index < -0.39 is 0 Å². The van der Waals surface area contributed by atoms with E-state index in [0.717, 1.165) is 13.0 Å². The summed E-state index contributed by atoms with van der Waals surface area (Å²) in [5.41, 5.74) is 0. The molecule has 1 radical (unpaired) electrons. The Morgan fingerprint density at radius 3 is 2.33 bits per heavy atom. The average molecular weight is 87.1 g/mol. The van der Waals surface area contributed by atoms with Gasteiger partial charge in [-0.15, -0.1) is 0 Å². The minimum atomic E-state index is 0.875. The summed E-state index contributed by atoms with van der Waals surface area (Å²) in [5, 5.41) is 1.43. The molecular weight excluding hydrogens is 76.1 g/mol. The fourth-order valence-corrected chi connectivity index (χ4v) is 0.287. The van der Waals surface area contributed by atoms with Gasteiger partial charge in [-0.1, -0.05) is 6.92 Å². The zero-order chi connectivity index (χ0) is 4.99. The third-order valence-corrected chi connectivity index (χ3v) is 0.511. The van der Waals surface area contributed by atoms with Crippen molar-refractivity contribution in [3.63, 3.8) is 0 Å². The summed E-state index contributed by atoms with van der Waals surface area (Å²) in [6.07, 6.45) is 1.07. The Morgan fingerprint density at radius 1 is 1.83 bits per heavy atom. The molecule has 0 aromatic heterocycles. The Balaban J connectivity index is 2.63. The van der Waals surface area contributed by atoms with Crippen molar-refractivity contribution in [2.75, 3.05) is 6.54 Å². The largest absolute Gasteiger partial charge is 0.269 e. The number of hydrogen-bond acceptors (Lipinski definition) is 2. The van der Waals surface area contributed by atoms with Crippen LogP contribution in [0.15, 0.2) is 0 Å². The zero-order valence-corrected chi connectivity index (χ0v) is 4.15. The maximum Gasteiger partial charge on any atom is 0.0270 e. The van der Waals surface area contributed by atoms with Crippen molar-refractivity contribution in [1.29, 1.82) is 0 Å². The highest BCUT2D eigenvalue weighted by Crippen LogP contribution is 1.74. The molecule has 0 heterocycles. The van der Waals surface area contributed by atoms with Crippen molar-refractivity contribution < 1.29 is 0 Å². The normalized spacial score (nSPS) is 10.0. The van der Waals surface area contributed by atoms with Gasteiger partial charge in [-0.25, -0.2) is 5.01 Å². The van der Waals surface area contributed by atoms with Gasteiger partial charge in [0.2, 0.25) is 0 Å². The molecule has 37 valence electrons. The fraction of sp³-hybridized carbons (Fsp3) is 0.750. The van der Waals surface area contributed by atoms with Gasteiger partial charge in [-0.2, -0.15) is 0 Å². The second kappa shape index (κ2) is 3.12. The molecule has 2 N–H and O–H groups in total. The van der Waals surface area contributed by atoms with Crippen LogP contribution in [0.4, 0.5) is 0 Å². The first-order chi connectivity index (χ1) is 2.77. The predicted octanol–water partition coefficient (Wildman–Crippen LogP) is 0.364. The summed E-state index contributed by atoms with van der Waals surface area (Å²) in [6, 6.07) is 0. The summed E-state index contributed by atoms with van der Waals surface area (Å²) in [6.45, 7) is 2.94. The Morgan fingerprint density at radius 2 is 2.33 bits per heavy atom. The SMILES string of the molecule is [CH2]N(N)CCC. The average Bonchev–Trinajstić information content (AvgIpc) is 1.35. The molecule has 0 amide bonds. The molecule has 0 spiro atoms. The van der Waals surface area contributed by atoms with Crippen LogP contribution in [0.5, 0.6) is 0 Å². The molecule has 0 atom stereocenters. The Hall–Kier alpha value is -0.0800. The van der Waals surface area contributed by atoms with Crippen LogP contribution >= 0.6 is 0 Å². The van der Waals surface area contributed by atoms with Crippen molar-refractivity contribution in [3.05, 3.63) is 7.05 Å². The lowest BCUT2D eigenvalue weighted by atomic mass is 10.5. The van der Waals surface area contributed by atoms with Gasteiger partial charge in [0.25, 0.3) is 0 Å². The number of hydrazine groups is 1. The van der Waals surface area contributed by atoms with Crippen LogP contribution in [0.2, 0.25) is 0 Å². The molecule has 2 nitrogen and oxygen atoms in total. The van der Waals surface area contributed by atoms with Crippen molar-refractivity contribution >= 4 is 0 Å². The van der Waals surface area contributed by atoms with E-state index in [-0.39, 0.29) is 0 Å². The molecule has 0 aliphatic heterocycles. The molecule has 0 bridgehead atoms. The molecule has 0 rings (SSSR count). The summed E-state index contributed by atoms with van der Waals surface area (Å²) in [4.78, 5) is 0. The molecule has 0 aliphatic rings. The maximum absolute atomic E-state index is 5.13. The Bertz CT molecular complexity index is 26.7. The van der Waals surface area contributed by atoms with Crippen LogP contribution in [0.25, 0.3) is 0 Å². The van der Waals surface area contributed by atoms with Gasteiger partial charge < -0.3 is 0 Å². The molecule has 0 aromatic rings. The number of nitrogens with zero attached hydrogens (tertiary/aromatic N) is 1. The quantitative estimate of drug-likeness (QED) is 0.389. The molecule has 6 heavy (non-hydrogen) atoms. The second-order valence-electron chi connectivity index (χ2n) is 1.31. The minimum Gasteiger partial charge on any atom is -0.269 e. The number of hydrogen-bond donors (Lipinski definition) is 1. The van der Waals surface area contributed by atoms with Crippen LogP contribution in [0.3, 0.4) is 0 Å². The highest BCUT2D eigenvalue weighted by Gasteiger charge is 1.80. The molecule has 0 unspecified atom stereocenters. The van der Waals surface area contributed by atoms with E-state index in [1.54, 1.807) is 0 Å². The molecular formula is C4H11N2. The monoisotopic (exact) mass is 87.1 g/mol. The molecule has 0 saturated carbocycles. The smallest absolute Gasteiger partial charge is 0.0270 e. The number of rotatable bonds is 2. The van der Waals surface area contributed by atoms with Crippen molar-refractivity contribution in [2.45, 2.75) is 13.3 Å². The van der Waals surface area contributed by atoms with E-state index in [4.69, 9.17) is 5.84 Å². The first-order valence-corrected chi connectivity index (χ1v) is 2.10. The Labute approximate surface area is 38.9 Å². The third kappa shape index (κ3) is 3.92. The van der Waals surface area contributed by atoms with E-state index >= 15 is 0 Å². The van der Waals surface area contributed by atoms with Gasteiger partial charge in [0.05, 0.1) is 0 Å². The highest BCUT2D eigenvalue weighted by molar-refractivity contribution is 4.37. The lowest BCUT2D eigenvalue weighted by molar-refractivity contribution is 0.388. The fourth-order valence-electron chi connectivity index (χ4n) is 0.287. The van der Waals surface area contributed by atoms with Crippen LogP contribution in [-0.4, -0.2) is 11.6 Å². The summed E-state index contributed by atoms with van der Waals surface area (Å²) in [7, 11) is 3.44. The molecule has 0 aliphatic carbocycles. The van der Waals surface area contributed by atoms with Crippen LogP contribution in [0.1, 0.15) is 13.3 Å². The molecule has 2 heteroatoms. The van der Waals surface area contributed by atoms with Gasteiger partial charge in [-0.05, 0) is 6.42 Å². The van der Waals surface area contributed by atoms with E-state index in [0.29, 0.717) is 0 Å². The van der Waals surface area contributed by atoms with Gasteiger partial charge in [0.15, 0.2) is 0 Å². The van der Waals surface area contributed by atoms with E-state index in [1.165, 1.54) is 5.01 Å². The van der Waals surface area contributed by atoms with Crippen molar-refractivity contribution in [2.24, 2.45) is 5.84 Å². The van der Waals surface area contributed by atoms with Gasteiger partial charge in [-0.3, -0.25) is 5.84 Å². The van der Waals surface area contributed by atoms with Crippen LogP contribution in [-0.2, 0) is 0 Å². The molecule has 0 saturated heterocycles. The molecule has 0 aromatic carbocycles. The maximum atomic E-state index is 5.13. The van der Waals surface area contributed by atoms with E-state index in [9.17, 15) is 0 Å². The topological polar surface area (TPSA) is 29.3 Å². The van der Waals surface area contributed by atoms with Crippen LogP contribution in [0, 0.1) is 7.05 Å². The second-order valence-corrected chi connectivity index (χ2v) is 1.31. The minimum absolute atomic E-state index is 0.875. The third-order valence-electron chi connectivity index (χ3n) is 0.511. The summed E-state index contributed by atoms with van der Waals surface area (Å²) in [5.74, 6) is 5.13. The van der Waals surface area contributed by atoms with Gasteiger partial charge in [0, 0.05) is 13.6 Å². The lowest BCUT2D eigenvalue weighted by Gasteiger charge is -2.03. The highest BCUT2D eigenvalue weighted by atomic mass is 15.4. The van der Waals surface area contributed by atoms with E-state index in [1.807, 2.05) is 0 Å². The van der Waals surface area contributed by atoms with Crippen LogP contribution < -0.4 is 5.84 Å². The van der Waals surface area contributed by atoms with Crippen molar-refractivity contribution in [3.8, 4) is 0 Å². The zero-order valence-electron chi connectivity index (χ0n) is 4.15. The standard InChI is InChI=1S/C4H11N2/c1-3-4-6(2)5/h2-5H2,1H3. The van der Waals surface area contributed by atoms with Gasteiger partial charge in [0.1, 0.15) is 0 Å². The molecule has 0 fully saturated rings. The number of nitrogens with two attached hydrogens (primary N) is 1. The Kier molecular flexibility index (Phi) is 3.08. The first kappa shape index (κ1) is 5.92. The van der Waals surface area contributed by atoms with Gasteiger partial charge >= 0.3 is 0 Å². The summed E-state index contributed by atoms with van der Waals surface area (Å²) >= 11 is 0. The predicted molar refractivity (Wildman–Crippen MR) is 26.5 cm³/mol. The summed E-state index contributed by atoms with van der Waals surface area (Å²) < 4.78 is 0. The first-order valence-electron chi connectivity index (χ1n) is 2.10.